The summed E-state index contributed by atoms with van der Waals surface area (Å²) in [4.78, 5) is 1.35. The van der Waals surface area contributed by atoms with Crippen LogP contribution in [-0.2, 0) is 13.2 Å². The average Bonchev–Trinajstić information content (AvgIpc) is 3.28. The molecular weight excluding hydrogens is 296 g/mol. The molecule has 0 aliphatic heterocycles. The fourth-order valence-electron chi connectivity index (χ4n) is 2.79. The normalized spacial score (nSPS) is 15.8. The molecule has 118 valence electrons. The molecule has 1 fully saturated rings. The van der Waals surface area contributed by atoms with Gasteiger partial charge >= 0.3 is 0 Å². The molecule has 1 atom stereocenters. The molecule has 0 radical (unpaired) electrons. The largest absolute Gasteiger partial charge is 0.497 e. The van der Waals surface area contributed by atoms with Crippen LogP contribution in [0.5, 0.6) is 5.75 Å². The van der Waals surface area contributed by atoms with Gasteiger partial charge in [0.05, 0.1) is 14.2 Å². The number of nitrogens with one attached hydrogen (secondary N) is 1. The van der Waals surface area contributed by atoms with Crippen LogP contribution in [0.1, 0.15) is 30.3 Å². The summed E-state index contributed by atoms with van der Waals surface area (Å²) in [5, 5.41) is 4.62. The number of nitrogens with zero attached hydrogens (tertiary/aromatic N) is 3. The van der Waals surface area contributed by atoms with E-state index in [1.165, 1.54) is 23.3 Å². The number of hydrogen-bond donors (Lipinski definition) is 1. The lowest BCUT2D eigenvalue weighted by Gasteiger charge is -2.14. The summed E-state index contributed by atoms with van der Waals surface area (Å²) in [5.41, 5.74) is 1.28. The van der Waals surface area contributed by atoms with Gasteiger partial charge < -0.3 is 14.2 Å². The van der Waals surface area contributed by atoms with Crippen molar-refractivity contribution < 1.29 is 9.64 Å². The number of methoxy groups -OCH3 is 1. The first-order valence-electron chi connectivity index (χ1n) is 7.68. The Balaban J connectivity index is 1.67. The van der Waals surface area contributed by atoms with E-state index in [9.17, 15) is 0 Å². The minimum absolute atomic E-state index is 0.586. The summed E-state index contributed by atoms with van der Waals surface area (Å²) in [7, 11) is 3.85. The topological polar surface area (TPSA) is 36.4 Å². The number of quaternary nitrogens is 1. The van der Waals surface area contributed by atoms with E-state index in [0.29, 0.717) is 6.04 Å². The highest BCUT2D eigenvalue weighted by Gasteiger charge is 2.27. The van der Waals surface area contributed by atoms with Crippen molar-refractivity contribution in [2.45, 2.75) is 39.0 Å². The molecule has 1 aromatic carbocycles. The van der Waals surface area contributed by atoms with E-state index in [2.05, 4.69) is 28.8 Å². The third kappa shape index (κ3) is 3.23. The summed E-state index contributed by atoms with van der Waals surface area (Å²) >= 11 is 5.58. The zero-order valence-corrected chi connectivity index (χ0v) is 14.2. The first kappa shape index (κ1) is 15.2. The van der Waals surface area contributed by atoms with Crippen LogP contribution >= 0.6 is 12.2 Å². The third-order valence-electron chi connectivity index (χ3n) is 4.04. The molecule has 1 heterocycles. The van der Waals surface area contributed by atoms with Crippen LogP contribution in [-0.4, -0.2) is 28.5 Å². The first-order valence-corrected chi connectivity index (χ1v) is 8.09. The Morgan fingerprint density at radius 3 is 2.59 bits per heavy atom. The van der Waals surface area contributed by atoms with Crippen molar-refractivity contribution in [3.8, 4) is 5.75 Å². The second-order valence-electron chi connectivity index (χ2n) is 6.07. The molecule has 1 unspecified atom stereocenters. The second-order valence-corrected chi connectivity index (χ2v) is 6.44. The fraction of sp³-hybridized carbons (Fsp3) is 0.500. The maximum Gasteiger partial charge on any atom is 0.203 e. The van der Waals surface area contributed by atoms with Crippen molar-refractivity contribution in [1.82, 2.24) is 14.3 Å². The zero-order valence-electron chi connectivity index (χ0n) is 13.4. The SMILES string of the molecule is COc1ccc(C[NH+](C)Cn2nc(C)n(C3CC3)c2=S)cc1. The number of benzene rings is 1. The average molecular weight is 319 g/mol. The summed E-state index contributed by atoms with van der Waals surface area (Å²) in [6, 6.07) is 8.80. The Morgan fingerprint density at radius 2 is 2.00 bits per heavy atom. The van der Waals surface area contributed by atoms with Crippen molar-refractivity contribution >= 4 is 12.2 Å². The van der Waals surface area contributed by atoms with Crippen molar-refractivity contribution in [2.75, 3.05) is 14.2 Å². The number of rotatable bonds is 6. The van der Waals surface area contributed by atoms with Gasteiger partial charge in [-0.25, -0.2) is 0 Å². The molecular formula is C16H23N4OS+. The molecule has 1 aliphatic rings. The van der Waals surface area contributed by atoms with Gasteiger partial charge in [0.15, 0.2) is 6.67 Å². The van der Waals surface area contributed by atoms with E-state index in [-0.39, 0.29) is 0 Å². The van der Waals surface area contributed by atoms with E-state index in [1.807, 2.05) is 23.7 Å². The number of hydrogen-bond acceptors (Lipinski definition) is 3. The minimum atomic E-state index is 0.586. The van der Waals surface area contributed by atoms with Gasteiger partial charge in [-0.1, -0.05) is 0 Å². The standard InChI is InChI=1S/C16H22N4OS/c1-12-17-19(16(22)20(12)14-6-7-14)11-18(2)10-13-4-8-15(21-3)9-5-13/h4-5,8-9,14H,6-7,10-11H2,1-3H3/p+1. The van der Waals surface area contributed by atoms with Gasteiger partial charge in [0.25, 0.3) is 0 Å². The Kier molecular flexibility index (Phi) is 4.31. The van der Waals surface area contributed by atoms with E-state index in [1.54, 1.807) is 7.11 Å². The van der Waals surface area contributed by atoms with Crippen LogP contribution in [0.3, 0.4) is 0 Å². The predicted octanol–water partition coefficient (Wildman–Crippen LogP) is 1.74. The predicted molar refractivity (Wildman–Crippen MR) is 87.6 cm³/mol. The van der Waals surface area contributed by atoms with Gasteiger partial charge in [-0.05, 0) is 56.2 Å². The van der Waals surface area contributed by atoms with Crippen LogP contribution in [0.2, 0.25) is 0 Å². The highest BCUT2D eigenvalue weighted by Crippen LogP contribution is 2.35. The summed E-state index contributed by atoms with van der Waals surface area (Å²) in [6.07, 6.45) is 2.46. The molecule has 1 N–H and O–H groups in total. The summed E-state index contributed by atoms with van der Waals surface area (Å²) in [5.74, 6) is 1.92. The maximum absolute atomic E-state index is 5.58. The van der Waals surface area contributed by atoms with E-state index in [0.717, 1.165) is 29.6 Å². The van der Waals surface area contributed by atoms with Crippen LogP contribution in [0.4, 0.5) is 0 Å². The van der Waals surface area contributed by atoms with Gasteiger partial charge in [-0.2, -0.15) is 9.78 Å². The van der Waals surface area contributed by atoms with Gasteiger partial charge in [0.2, 0.25) is 4.77 Å². The van der Waals surface area contributed by atoms with Gasteiger partial charge in [-0.3, -0.25) is 0 Å². The Labute approximate surface area is 136 Å². The van der Waals surface area contributed by atoms with Gasteiger partial charge in [0, 0.05) is 11.6 Å². The van der Waals surface area contributed by atoms with Crippen LogP contribution < -0.4 is 9.64 Å². The maximum atomic E-state index is 5.58. The van der Waals surface area contributed by atoms with Crippen molar-refractivity contribution in [3.05, 3.63) is 40.4 Å². The van der Waals surface area contributed by atoms with Crippen LogP contribution in [0.25, 0.3) is 0 Å². The number of aryl methyl sites for hydroxylation is 1. The second kappa shape index (κ2) is 6.22. The minimum Gasteiger partial charge on any atom is -0.497 e. The van der Waals surface area contributed by atoms with Gasteiger partial charge in [-0.15, -0.1) is 0 Å². The Morgan fingerprint density at radius 1 is 1.32 bits per heavy atom. The zero-order chi connectivity index (χ0) is 15.7. The molecule has 0 amide bonds. The molecule has 1 saturated carbocycles. The first-order chi connectivity index (χ1) is 10.6. The molecule has 22 heavy (non-hydrogen) atoms. The molecule has 6 heteroatoms. The van der Waals surface area contributed by atoms with Crippen LogP contribution in [0.15, 0.2) is 24.3 Å². The lowest BCUT2D eigenvalue weighted by atomic mass is 10.2. The van der Waals surface area contributed by atoms with E-state index < -0.39 is 0 Å². The third-order valence-corrected chi connectivity index (χ3v) is 4.45. The van der Waals surface area contributed by atoms with Crippen molar-refractivity contribution in [2.24, 2.45) is 0 Å². The number of ether oxygens (including phenoxy) is 1. The molecule has 2 aromatic rings. The smallest absolute Gasteiger partial charge is 0.203 e. The van der Waals surface area contributed by atoms with Crippen LogP contribution in [0, 0.1) is 11.7 Å². The van der Waals surface area contributed by atoms with E-state index in [4.69, 9.17) is 17.0 Å². The lowest BCUT2D eigenvalue weighted by Crippen LogP contribution is -3.07. The van der Waals surface area contributed by atoms with Crippen molar-refractivity contribution in [3.63, 3.8) is 0 Å². The highest BCUT2D eigenvalue weighted by molar-refractivity contribution is 7.71. The number of aromatic nitrogens is 3. The lowest BCUT2D eigenvalue weighted by molar-refractivity contribution is -0.917. The molecule has 3 rings (SSSR count). The highest BCUT2D eigenvalue weighted by atomic mass is 32.1. The molecule has 1 aliphatic carbocycles. The van der Waals surface area contributed by atoms with E-state index >= 15 is 0 Å². The monoisotopic (exact) mass is 319 g/mol. The molecule has 5 nitrogen and oxygen atoms in total. The van der Waals surface area contributed by atoms with Crippen molar-refractivity contribution in [1.29, 1.82) is 0 Å². The molecule has 0 saturated heterocycles. The molecule has 1 aromatic heterocycles. The van der Waals surface area contributed by atoms with Gasteiger partial charge in [0.1, 0.15) is 18.1 Å². The molecule has 0 spiro atoms. The summed E-state index contributed by atoms with van der Waals surface area (Å²) < 4.78 is 10.2. The summed E-state index contributed by atoms with van der Waals surface area (Å²) in [6.45, 7) is 3.76. The quantitative estimate of drug-likeness (QED) is 0.824. The molecule has 0 bridgehead atoms. The Hall–Kier alpha value is -1.66. The fourth-order valence-corrected chi connectivity index (χ4v) is 3.17. The Bertz CT molecular complexity index is 700.